The van der Waals surface area contributed by atoms with Crippen LogP contribution in [0.25, 0.3) is 28.6 Å². The second kappa shape index (κ2) is 7.74. The molecule has 4 rings (SSSR count). The summed E-state index contributed by atoms with van der Waals surface area (Å²) >= 11 is 0. The van der Waals surface area contributed by atoms with Gasteiger partial charge in [-0.3, -0.25) is 5.10 Å². The number of H-pyrrole nitrogens is 1. The lowest BCUT2D eigenvalue weighted by atomic mass is 10.0. The molecule has 0 unspecified atom stereocenters. The molecule has 0 fully saturated rings. The van der Waals surface area contributed by atoms with Gasteiger partial charge in [0.15, 0.2) is 0 Å². The van der Waals surface area contributed by atoms with Gasteiger partial charge in [-0.15, -0.1) is 0 Å². The summed E-state index contributed by atoms with van der Waals surface area (Å²) in [5.41, 5.74) is 9.14. The van der Waals surface area contributed by atoms with Gasteiger partial charge in [0.05, 0.1) is 23.2 Å². The van der Waals surface area contributed by atoms with Crippen LogP contribution < -0.4 is 5.73 Å². The monoisotopic (exact) mass is 395 g/mol. The van der Waals surface area contributed by atoms with E-state index in [1.165, 1.54) is 16.8 Å². The van der Waals surface area contributed by atoms with E-state index in [4.69, 9.17) is 5.73 Å². The number of aromatic nitrogens is 4. The molecule has 144 valence electrons. The Bertz CT molecular complexity index is 1320. The van der Waals surface area contributed by atoms with Crippen molar-refractivity contribution in [1.82, 2.24) is 20.0 Å². The second-order valence-corrected chi connectivity index (χ2v) is 6.35. The molecule has 0 aliphatic heterocycles. The molecule has 0 aliphatic rings. The van der Waals surface area contributed by atoms with Gasteiger partial charge in [0.2, 0.25) is 0 Å². The zero-order valence-electron chi connectivity index (χ0n) is 15.5. The normalized spacial score (nSPS) is 11.1. The highest BCUT2D eigenvalue weighted by Gasteiger charge is 2.20. The number of nitriles is 2. The van der Waals surface area contributed by atoms with Crippen LogP contribution in [0.15, 0.2) is 60.8 Å². The van der Waals surface area contributed by atoms with E-state index in [9.17, 15) is 14.9 Å². The Morgan fingerprint density at radius 1 is 1.10 bits per heavy atom. The van der Waals surface area contributed by atoms with Crippen LogP contribution in [0.1, 0.15) is 16.8 Å². The maximum absolute atomic E-state index is 13.2. The first-order valence-corrected chi connectivity index (χ1v) is 8.88. The predicted molar refractivity (Wildman–Crippen MR) is 110 cm³/mol. The smallest absolute Gasteiger partial charge is 0.145 e. The Balaban J connectivity index is 1.83. The van der Waals surface area contributed by atoms with Gasteiger partial charge in [0.25, 0.3) is 0 Å². The van der Waals surface area contributed by atoms with Gasteiger partial charge < -0.3 is 5.73 Å². The molecule has 0 bridgehead atoms. The number of anilines is 1. The van der Waals surface area contributed by atoms with E-state index < -0.39 is 0 Å². The fourth-order valence-electron chi connectivity index (χ4n) is 3.06. The molecule has 0 atom stereocenters. The SMILES string of the molecule is N#CC(=Cc1cn[nH]c1-c1ccc(F)cc1)c1nn(-c2ccccc2)c(N)c1C#N. The Morgan fingerprint density at radius 3 is 2.50 bits per heavy atom. The van der Waals surface area contributed by atoms with E-state index in [1.54, 1.807) is 36.5 Å². The van der Waals surface area contributed by atoms with Crippen LogP contribution >= 0.6 is 0 Å². The molecular formula is C22H14FN7. The predicted octanol–water partition coefficient (Wildman–Crippen LogP) is 3.92. The molecule has 2 heterocycles. The minimum absolute atomic E-state index is 0.110. The van der Waals surface area contributed by atoms with Gasteiger partial charge in [0.1, 0.15) is 35.0 Å². The number of rotatable bonds is 4. The number of nitrogens with two attached hydrogens (primary N) is 1. The Labute approximate surface area is 171 Å². The largest absolute Gasteiger partial charge is 0.382 e. The number of para-hydroxylation sites is 1. The number of nitrogen functional groups attached to an aromatic ring is 1. The van der Waals surface area contributed by atoms with Gasteiger partial charge in [0, 0.05) is 11.1 Å². The third-order valence-electron chi connectivity index (χ3n) is 4.51. The van der Waals surface area contributed by atoms with Gasteiger partial charge in [-0.2, -0.15) is 20.7 Å². The number of hydrogen-bond donors (Lipinski definition) is 2. The molecule has 2 aromatic heterocycles. The van der Waals surface area contributed by atoms with Gasteiger partial charge >= 0.3 is 0 Å². The van der Waals surface area contributed by atoms with E-state index in [2.05, 4.69) is 21.4 Å². The number of nitrogens with one attached hydrogen (secondary N) is 1. The van der Waals surface area contributed by atoms with Crippen LogP contribution in [-0.2, 0) is 0 Å². The number of halogens is 1. The minimum atomic E-state index is -0.353. The van der Waals surface area contributed by atoms with Crippen molar-refractivity contribution >= 4 is 17.5 Å². The molecule has 2 aromatic carbocycles. The first kappa shape index (κ1) is 18.7. The van der Waals surface area contributed by atoms with Gasteiger partial charge in [-0.05, 0) is 42.5 Å². The van der Waals surface area contributed by atoms with Crippen LogP contribution in [0.2, 0.25) is 0 Å². The first-order valence-electron chi connectivity index (χ1n) is 8.88. The van der Waals surface area contributed by atoms with E-state index >= 15 is 0 Å². The molecule has 8 heteroatoms. The number of aromatic amines is 1. The zero-order chi connectivity index (χ0) is 21.1. The summed E-state index contributed by atoms with van der Waals surface area (Å²) in [4.78, 5) is 0. The molecule has 0 aliphatic carbocycles. The number of benzene rings is 2. The van der Waals surface area contributed by atoms with Crippen LogP contribution in [0.4, 0.5) is 10.2 Å². The standard InChI is InChI=1S/C22H14FN7/c23-17-8-6-14(7-9-17)20-16(13-27-28-20)10-15(11-24)21-19(12-25)22(26)30(29-21)18-4-2-1-3-5-18/h1-10,13H,26H2,(H,27,28). The van der Waals surface area contributed by atoms with Crippen molar-refractivity contribution in [2.75, 3.05) is 5.73 Å². The Kier molecular flexibility index (Phi) is 4.82. The van der Waals surface area contributed by atoms with Crippen molar-refractivity contribution in [3.8, 4) is 29.1 Å². The van der Waals surface area contributed by atoms with Gasteiger partial charge in [-0.1, -0.05) is 18.2 Å². The topological polar surface area (TPSA) is 120 Å². The van der Waals surface area contributed by atoms with E-state index in [0.717, 1.165) is 0 Å². The van der Waals surface area contributed by atoms with Crippen LogP contribution in [0.3, 0.4) is 0 Å². The highest BCUT2D eigenvalue weighted by atomic mass is 19.1. The highest BCUT2D eigenvalue weighted by molar-refractivity contribution is 5.93. The summed E-state index contributed by atoms with van der Waals surface area (Å²) in [5, 5.41) is 30.7. The fraction of sp³-hybridized carbons (Fsp3) is 0. The summed E-state index contributed by atoms with van der Waals surface area (Å²) in [7, 11) is 0. The van der Waals surface area contributed by atoms with Crippen molar-refractivity contribution in [2.45, 2.75) is 0 Å². The molecule has 0 saturated heterocycles. The Morgan fingerprint density at radius 2 is 1.83 bits per heavy atom. The Hall–Kier alpha value is -4.69. The van der Waals surface area contributed by atoms with Crippen molar-refractivity contribution in [3.63, 3.8) is 0 Å². The number of hydrogen-bond acceptors (Lipinski definition) is 5. The maximum atomic E-state index is 13.2. The van der Waals surface area contributed by atoms with E-state index in [0.29, 0.717) is 22.5 Å². The summed E-state index contributed by atoms with van der Waals surface area (Å²) in [5.74, 6) is -0.209. The zero-order valence-corrected chi connectivity index (χ0v) is 15.5. The molecule has 4 aromatic rings. The highest BCUT2D eigenvalue weighted by Crippen LogP contribution is 2.29. The molecule has 3 N–H and O–H groups in total. The average molecular weight is 395 g/mol. The molecule has 0 amide bonds. The van der Waals surface area contributed by atoms with E-state index in [1.807, 2.05) is 24.3 Å². The van der Waals surface area contributed by atoms with Crippen molar-refractivity contribution in [3.05, 3.63) is 83.4 Å². The quantitative estimate of drug-likeness (QED) is 0.508. The summed E-state index contributed by atoms with van der Waals surface area (Å²) in [6.45, 7) is 0. The lowest BCUT2D eigenvalue weighted by Crippen LogP contribution is -2.02. The number of allylic oxidation sites excluding steroid dienone is 1. The lowest BCUT2D eigenvalue weighted by Gasteiger charge is -2.02. The summed E-state index contributed by atoms with van der Waals surface area (Å²) < 4.78 is 14.7. The third kappa shape index (κ3) is 3.30. The molecule has 0 radical (unpaired) electrons. The van der Waals surface area contributed by atoms with Crippen molar-refractivity contribution in [2.24, 2.45) is 0 Å². The molecule has 7 nitrogen and oxygen atoms in total. The third-order valence-corrected chi connectivity index (χ3v) is 4.51. The first-order chi connectivity index (χ1) is 14.6. The minimum Gasteiger partial charge on any atom is -0.382 e. The van der Waals surface area contributed by atoms with Gasteiger partial charge in [-0.25, -0.2) is 9.07 Å². The van der Waals surface area contributed by atoms with Crippen LogP contribution in [-0.4, -0.2) is 20.0 Å². The number of nitrogens with zero attached hydrogens (tertiary/aromatic N) is 5. The van der Waals surface area contributed by atoms with Crippen LogP contribution in [0, 0.1) is 28.5 Å². The van der Waals surface area contributed by atoms with Crippen molar-refractivity contribution < 1.29 is 4.39 Å². The van der Waals surface area contributed by atoms with Crippen LogP contribution in [0.5, 0.6) is 0 Å². The lowest BCUT2D eigenvalue weighted by molar-refractivity contribution is 0.628. The molecule has 30 heavy (non-hydrogen) atoms. The summed E-state index contributed by atoms with van der Waals surface area (Å²) in [6, 6.07) is 19.1. The molecule has 0 saturated carbocycles. The average Bonchev–Trinajstić information content (AvgIpc) is 3.37. The maximum Gasteiger partial charge on any atom is 0.145 e. The van der Waals surface area contributed by atoms with Crippen molar-refractivity contribution in [1.29, 1.82) is 10.5 Å². The summed E-state index contributed by atoms with van der Waals surface area (Å²) in [6.07, 6.45) is 3.11. The second-order valence-electron chi connectivity index (χ2n) is 6.35. The molecular weight excluding hydrogens is 381 g/mol. The fourth-order valence-corrected chi connectivity index (χ4v) is 3.06. The van der Waals surface area contributed by atoms with E-state index in [-0.39, 0.29) is 28.5 Å². The molecule has 0 spiro atoms.